The van der Waals surface area contributed by atoms with Crippen molar-refractivity contribution in [1.82, 2.24) is 9.97 Å². The van der Waals surface area contributed by atoms with Crippen LogP contribution in [0.5, 0.6) is 5.75 Å². The fourth-order valence-electron chi connectivity index (χ4n) is 2.25. The Morgan fingerprint density at radius 1 is 1.29 bits per heavy atom. The number of hydrogen-bond donors (Lipinski definition) is 2. The van der Waals surface area contributed by atoms with E-state index in [-0.39, 0.29) is 11.3 Å². The molecule has 0 atom stereocenters. The molecule has 21 heavy (non-hydrogen) atoms. The molecule has 0 aliphatic heterocycles. The summed E-state index contributed by atoms with van der Waals surface area (Å²) in [5, 5.41) is 10.8. The van der Waals surface area contributed by atoms with E-state index in [2.05, 4.69) is 25.9 Å². The molecule has 0 saturated heterocycles. The number of aromatic amines is 1. The number of aromatic nitrogens is 2. The Labute approximate surface area is 129 Å². The first-order chi connectivity index (χ1) is 10.1. The molecule has 4 nitrogen and oxygen atoms in total. The van der Waals surface area contributed by atoms with Gasteiger partial charge in [0.05, 0.1) is 20.9 Å². The Kier molecular flexibility index (Phi) is 3.51. The number of phenols is 1. The fourth-order valence-corrected chi connectivity index (χ4v) is 2.76. The molecule has 3 aromatic rings. The number of para-hydroxylation sites is 1. The number of H-pyrrole nitrogens is 1. The number of phenolic OH excluding ortho intramolecular Hbond substituents is 1. The molecule has 0 radical (unpaired) electrons. The van der Waals surface area contributed by atoms with E-state index in [1.54, 1.807) is 18.2 Å². The third-order valence-electron chi connectivity index (χ3n) is 3.40. The van der Waals surface area contributed by atoms with Gasteiger partial charge in [0, 0.05) is 0 Å². The SMILES string of the molecule is CCc1cc(Br)c(O)c(-c2nc3ccccc3c(=O)[nH]2)c1. The minimum atomic E-state index is -0.215. The molecule has 1 aromatic heterocycles. The van der Waals surface area contributed by atoms with Gasteiger partial charge in [-0.3, -0.25) is 4.79 Å². The van der Waals surface area contributed by atoms with Crippen LogP contribution in [0.4, 0.5) is 0 Å². The number of nitrogens with zero attached hydrogens (tertiary/aromatic N) is 1. The minimum absolute atomic E-state index is 0.0747. The van der Waals surface area contributed by atoms with Crippen LogP contribution in [0, 0.1) is 0 Å². The summed E-state index contributed by atoms with van der Waals surface area (Å²) in [6.07, 6.45) is 0.823. The van der Waals surface area contributed by atoms with Gasteiger partial charge in [0.1, 0.15) is 11.6 Å². The van der Waals surface area contributed by atoms with Crippen molar-refractivity contribution in [1.29, 1.82) is 0 Å². The third-order valence-corrected chi connectivity index (χ3v) is 4.00. The van der Waals surface area contributed by atoms with Gasteiger partial charge in [-0.15, -0.1) is 0 Å². The van der Waals surface area contributed by atoms with Crippen LogP contribution in [-0.4, -0.2) is 15.1 Å². The average molecular weight is 345 g/mol. The Hall–Kier alpha value is -2.14. The number of rotatable bonds is 2. The van der Waals surface area contributed by atoms with Crippen molar-refractivity contribution in [3.63, 3.8) is 0 Å². The Morgan fingerprint density at radius 2 is 2.05 bits per heavy atom. The van der Waals surface area contributed by atoms with Gasteiger partial charge in [-0.2, -0.15) is 0 Å². The van der Waals surface area contributed by atoms with Gasteiger partial charge in [0.25, 0.3) is 5.56 Å². The second kappa shape index (κ2) is 5.33. The van der Waals surface area contributed by atoms with Crippen molar-refractivity contribution in [2.24, 2.45) is 0 Å². The molecule has 5 heteroatoms. The van der Waals surface area contributed by atoms with E-state index in [1.807, 2.05) is 25.1 Å². The highest BCUT2D eigenvalue weighted by Gasteiger charge is 2.13. The number of nitrogens with one attached hydrogen (secondary N) is 1. The highest BCUT2D eigenvalue weighted by atomic mass is 79.9. The molecule has 0 aliphatic rings. The lowest BCUT2D eigenvalue weighted by atomic mass is 10.1. The minimum Gasteiger partial charge on any atom is -0.506 e. The summed E-state index contributed by atoms with van der Waals surface area (Å²) in [5.74, 6) is 0.442. The zero-order chi connectivity index (χ0) is 15.0. The first kappa shape index (κ1) is 13.8. The second-order valence-electron chi connectivity index (χ2n) is 4.76. The van der Waals surface area contributed by atoms with E-state index in [0.717, 1.165) is 12.0 Å². The van der Waals surface area contributed by atoms with Gasteiger partial charge in [-0.1, -0.05) is 19.1 Å². The molecular formula is C16H13BrN2O2. The Balaban J connectivity index is 2.30. The number of aryl methyl sites for hydroxylation is 1. The van der Waals surface area contributed by atoms with Crippen LogP contribution in [0.25, 0.3) is 22.3 Å². The van der Waals surface area contributed by atoms with Crippen molar-refractivity contribution < 1.29 is 5.11 Å². The van der Waals surface area contributed by atoms with Crippen molar-refractivity contribution in [3.05, 3.63) is 56.8 Å². The van der Waals surface area contributed by atoms with E-state index >= 15 is 0 Å². The van der Waals surface area contributed by atoms with Crippen LogP contribution in [0.15, 0.2) is 45.7 Å². The maximum atomic E-state index is 12.1. The van der Waals surface area contributed by atoms with Crippen molar-refractivity contribution in [2.45, 2.75) is 13.3 Å². The second-order valence-corrected chi connectivity index (χ2v) is 5.61. The van der Waals surface area contributed by atoms with Crippen LogP contribution in [0.1, 0.15) is 12.5 Å². The normalized spacial score (nSPS) is 11.0. The summed E-state index contributed by atoms with van der Waals surface area (Å²) in [7, 11) is 0. The Morgan fingerprint density at radius 3 is 2.81 bits per heavy atom. The molecule has 0 bridgehead atoms. The number of aromatic hydroxyl groups is 1. The van der Waals surface area contributed by atoms with Crippen LogP contribution in [-0.2, 0) is 6.42 Å². The Bertz CT molecular complexity index is 887. The average Bonchev–Trinajstić information content (AvgIpc) is 2.49. The number of hydrogen-bond acceptors (Lipinski definition) is 3. The monoisotopic (exact) mass is 344 g/mol. The first-order valence-electron chi connectivity index (χ1n) is 6.61. The molecule has 1 heterocycles. The van der Waals surface area contributed by atoms with Crippen molar-refractivity contribution >= 4 is 26.8 Å². The van der Waals surface area contributed by atoms with Crippen LogP contribution in [0.2, 0.25) is 0 Å². The predicted octanol–water partition coefficient (Wildman–Crippen LogP) is 3.62. The maximum absolute atomic E-state index is 12.1. The zero-order valence-corrected chi connectivity index (χ0v) is 12.9. The summed E-state index contributed by atoms with van der Waals surface area (Å²) < 4.78 is 0.590. The van der Waals surface area contributed by atoms with Gasteiger partial charge in [-0.05, 0) is 52.2 Å². The largest absolute Gasteiger partial charge is 0.506 e. The molecule has 2 aromatic carbocycles. The maximum Gasteiger partial charge on any atom is 0.259 e. The van der Waals surface area contributed by atoms with Crippen molar-refractivity contribution in [2.75, 3.05) is 0 Å². The molecule has 0 fully saturated rings. The summed E-state index contributed by atoms with van der Waals surface area (Å²) in [6.45, 7) is 2.03. The summed E-state index contributed by atoms with van der Waals surface area (Å²) in [6, 6.07) is 10.8. The van der Waals surface area contributed by atoms with Gasteiger partial charge in [0.15, 0.2) is 0 Å². The van der Waals surface area contributed by atoms with Crippen molar-refractivity contribution in [3.8, 4) is 17.1 Å². The molecule has 0 unspecified atom stereocenters. The van der Waals surface area contributed by atoms with Gasteiger partial charge in [0.2, 0.25) is 0 Å². The highest BCUT2D eigenvalue weighted by Crippen LogP contribution is 2.35. The van der Waals surface area contributed by atoms with Gasteiger partial charge < -0.3 is 10.1 Å². The molecule has 0 aliphatic carbocycles. The molecule has 0 spiro atoms. The quantitative estimate of drug-likeness (QED) is 0.746. The number of fused-ring (bicyclic) bond motifs is 1. The number of halogens is 1. The standard InChI is InChI=1S/C16H13BrN2O2/c1-2-9-7-11(14(20)12(17)8-9)15-18-13-6-4-3-5-10(13)16(21)19-15/h3-8,20H,2H2,1H3,(H,18,19,21). The summed E-state index contributed by atoms with van der Waals surface area (Å²) in [4.78, 5) is 19.3. The molecular weight excluding hydrogens is 332 g/mol. The highest BCUT2D eigenvalue weighted by molar-refractivity contribution is 9.10. The smallest absolute Gasteiger partial charge is 0.259 e. The van der Waals surface area contributed by atoms with E-state index in [9.17, 15) is 9.90 Å². The lowest BCUT2D eigenvalue weighted by molar-refractivity contribution is 0.473. The van der Waals surface area contributed by atoms with Crippen LogP contribution < -0.4 is 5.56 Å². The molecule has 106 valence electrons. The summed E-state index contributed by atoms with van der Waals surface area (Å²) in [5.41, 5.74) is 1.95. The fraction of sp³-hybridized carbons (Fsp3) is 0.125. The predicted molar refractivity (Wildman–Crippen MR) is 86.5 cm³/mol. The van der Waals surface area contributed by atoms with E-state index in [1.165, 1.54) is 0 Å². The molecule has 3 rings (SSSR count). The van der Waals surface area contributed by atoms with Crippen LogP contribution in [0.3, 0.4) is 0 Å². The van der Waals surface area contributed by atoms with E-state index in [4.69, 9.17) is 0 Å². The molecule has 0 amide bonds. The molecule has 2 N–H and O–H groups in total. The zero-order valence-electron chi connectivity index (χ0n) is 11.4. The topological polar surface area (TPSA) is 66.0 Å². The molecule has 0 saturated carbocycles. The van der Waals surface area contributed by atoms with E-state index in [0.29, 0.717) is 26.8 Å². The third kappa shape index (κ3) is 2.45. The lowest BCUT2D eigenvalue weighted by Gasteiger charge is -2.09. The van der Waals surface area contributed by atoms with E-state index < -0.39 is 0 Å². The van der Waals surface area contributed by atoms with Gasteiger partial charge in [-0.25, -0.2) is 4.98 Å². The lowest BCUT2D eigenvalue weighted by Crippen LogP contribution is -2.09. The first-order valence-corrected chi connectivity index (χ1v) is 7.40. The van der Waals surface area contributed by atoms with Gasteiger partial charge >= 0.3 is 0 Å². The number of benzene rings is 2. The van der Waals surface area contributed by atoms with Crippen LogP contribution >= 0.6 is 15.9 Å². The summed E-state index contributed by atoms with van der Waals surface area (Å²) >= 11 is 3.33.